The second-order valence-electron chi connectivity index (χ2n) is 6.82. The van der Waals surface area contributed by atoms with Gasteiger partial charge in [0.25, 0.3) is 5.91 Å². The molecule has 1 aliphatic carbocycles. The van der Waals surface area contributed by atoms with Gasteiger partial charge < -0.3 is 10.1 Å². The van der Waals surface area contributed by atoms with Crippen LogP contribution in [0.1, 0.15) is 54.9 Å². The number of hydrogen-bond acceptors (Lipinski definition) is 5. The van der Waals surface area contributed by atoms with Gasteiger partial charge in [-0.15, -0.1) is 0 Å². The number of carbonyl (C=O) groups is 2. The molecule has 1 aromatic carbocycles. The fraction of sp³-hybridized carbons (Fsp3) is 0.556. The first-order valence-electron chi connectivity index (χ1n) is 8.80. The van der Waals surface area contributed by atoms with Crippen molar-refractivity contribution in [3.05, 3.63) is 29.3 Å². The first-order valence-corrected chi connectivity index (χ1v) is 10.3. The Morgan fingerprint density at radius 3 is 2.54 bits per heavy atom. The van der Waals surface area contributed by atoms with Crippen LogP contribution in [0.4, 0.5) is 0 Å². The summed E-state index contributed by atoms with van der Waals surface area (Å²) in [5, 5.41) is 7.92. The lowest BCUT2D eigenvalue weighted by molar-refractivity contribution is -0.129. The third-order valence-corrected chi connectivity index (χ3v) is 5.61. The van der Waals surface area contributed by atoms with Gasteiger partial charge >= 0.3 is 5.97 Å². The predicted molar refractivity (Wildman–Crippen MR) is 97.0 cm³/mol. The Morgan fingerprint density at radius 1 is 1.27 bits per heavy atom. The van der Waals surface area contributed by atoms with Gasteiger partial charge in [-0.3, -0.25) is 4.79 Å². The lowest BCUT2D eigenvalue weighted by Gasteiger charge is -2.22. The zero-order chi connectivity index (χ0) is 19.3. The van der Waals surface area contributed by atoms with E-state index in [9.17, 15) is 18.0 Å². The van der Waals surface area contributed by atoms with Gasteiger partial charge in [0.15, 0.2) is 6.10 Å². The summed E-state index contributed by atoms with van der Waals surface area (Å²) >= 11 is 0. The zero-order valence-corrected chi connectivity index (χ0v) is 16.0. The number of benzene rings is 1. The Labute approximate surface area is 154 Å². The first-order chi connectivity index (χ1) is 12.2. The summed E-state index contributed by atoms with van der Waals surface area (Å²) in [6.07, 6.45) is 4.86. The van der Waals surface area contributed by atoms with Gasteiger partial charge in [-0.05, 0) is 50.3 Å². The third-order valence-electron chi connectivity index (χ3n) is 4.70. The van der Waals surface area contributed by atoms with Crippen LogP contribution < -0.4 is 10.5 Å². The van der Waals surface area contributed by atoms with Crippen LogP contribution in [0, 0.1) is 12.8 Å². The lowest BCUT2D eigenvalue weighted by atomic mass is 9.89. The van der Waals surface area contributed by atoms with Crippen molar-refractivity contribution in [3.63, 3.8) is 0 Å². The van der Waals surface area contributed by atoms with E-state index in [1.165, 1.54) is 44.4 Å². The average Bonchev–Trinajstić information content (AvgIpc) is 2.59. The highest BCUT2D eigenvalue weighted by atomic mass is 32.2. The molecule has 26 heavy (non-hydrogen) atoms. The van der Waals surface area contributed by atoms with Crippen molar-refractivity contribution in [2.75, 3.05) is 6.54 Å². The quantitative estimate of drug-likeness (QED) is 0.729. The maximum Gasteiger partial charge on any atom is 0.339 e. The maximum absolute atomic E-state index is 12.3. The monoisotopic (exact) mass is 382 g/mol. The van der Waals surface area contributed by atoms with Crippen molar-refractivity contribution >= 4 is 21.9 Å². The minimum Gasteiger partial charge on any atom is -0.449 e. The molecule has 0 saturated heterocycles. The first kappa shape index (κ1) is 20.4. The average molecular weight is 382 g/mol. The molecule has 0 heterocycles. The summed E-state index contributed by atoms with van der Waals surface area (Å²) in [6, 6.07) is 3.96. The molecule has 1 aliphatic rings. The molecule has 1 atom stereocenters. The molecule has 1 amide bonds. The molecule has 2 rings (SSSR count). The molecule has 1 fully saturated rings. The summed E-state index contributed by atoms with van der Waals surface area (Å²) in [7, 11) is -3.93. The van der Waals surface area contributed by atoms with E-state index in [1.807, 2.05) is 0 Å². The molecule has 1 aromatic rings. The third kappa shape index (κ3) is 5.54. The molecule has 144 valence electrons. The van der Waals surface area contributed by atoms with E-state index in [0.29, 0.717) is 18.0 Å². The van der Waals surface area contributed by atoms with Gasteiger partial charge in [-0.25, -0.2) is 18.4 Å². The fourth-order valence-corrected chi connectivity index (χ4v) is 3.60. The van der Waals surface area contributed by atoms with Crippen LogP contribution in [0.2, 0.25) is 0 Å². The molecule has 1 saturated carbocycles. The van der Waals surface area contributed by atoms with Gasteiger partial charge in [0.1, 0.15) is 0 Å². The predicted octanol–water partition coefficient (Wildman–Crippen LogP) is 1.88. The Hall–Kier alpha value is -1.93. The standard InChI is InChI=1S/C18H26N2O5S/c1-12-8-9-15(26(19,23)24)10-16(12)18(22)25-13(2)17(21)20-11-14-6-4-3-5-7-14/h8-10,13-14H,3-7,11H2,1-2H3,(H,20,21)(H2,19,23,24). The van der Waals surface area contributed by atoms with E-state index in [1.54, 1.807) is 6.92 Å². The molecule has 3 N–H and O–H groups in total. The summed E-state index contributed by atoms with van der Waals surface area (Å²) in [4.78, 5) is 24.3. The molecule has 0 spiro atoms. The Morgan fingerprint density at radius 2 is 1.92 bits per heavy atom. The normalized spacial score (nSPS) is 16.7. The van der Waals surface area contributed by atoms with Gasteiger partial charge in [0, 0.05) is 6.54 Å². The Bertz CT molecular complexity index is 770. The maximum atomic E-state index is 12.3. The van der Waals surface area contributed by atoms with Crippen molar-refractivity contribution in [3.8, 4) is 0 Å². The Kier molecular flexibility index (Phi) is 6.77. The fourth-order valence-electron chi connectivity index (χ4n) is 3.06. The molecule has 0 aromatic heterocycles. The molecule has 8 heteroatoms. The van der Waals surface area contributed by atoms with Crippen LogP contribution >= 0.6 is 0 Å². The van der Waals surface area contributed by atoms with Gasteiger partial charge in [0.2, 0.25) is 10.0 Å². The summed E-state index contributed by atoms with van der Waals surface area (Å²) < 4.78 is 28.1. The van der Waals surface area contributed by atoms with Crippen LogP contribution in [-0.4, -0.2) is 32.9 Å². The minimum atomic E-state index is -3.93. The number of rotatable bonds is 6. The van der Waals surface area contributed by atoms with E-state index >= 15 is 0 Å². The largest absolute Gasteiger partial charge is 0.449 e. The SMILES string of the molecule is Cc1ccc(S(N)(=O)=O)cc1C(=O)OC(C)C(=O)NCC1CCCCC1. The second kappa shape index (κ2) is 8.64. The number of carbonyl (C=O) groups excluding carboxylic acids is 2. The number of esters is 1. The summed E-state index contributed by atoms with van der Waals surface area (Å²) in [5.74, 6) is -0.637. The number of aryl methyl sites for hydroxylation is 1. The number of primary sulfonamides is 1. The van der Waals surface area contributed by atoms with Crippen LogP contribution in [-0.2, 0) is 19.6 Å². The molecule has 1 unspecified atom stereocenters. The number of sulfonamides is 1. The summed E-state index contributed by atoms with van der Waals surface area (Å²) in [6.45, 7) is 3.73. The summed E-state index contributed by atoms with van der Waals surface area (Å²) in [5.41, 5.74) is 0.612. The highest BCUT2D eigenvalue weighted by Gasteiger charge is 2.22. The molecular formula is C18H26N2O5S. The smallest absolute Gasteiger partial charge is 0.339 e. The second-order valence-corrected chi connectivity index (χ2v) is 8.38. The molecule has 0 bridgehead atoms. The number of nitrogens with two attached hydrogens (primary N) is 1. The topological polar surface area (TPSA) is 116 Å². The number of hydrogen-bond donors (Lipinski definition) is 2. The van der Waals surface area contributed by atoms with Gasteiger partial charge in [0.05, 0.1) is 10.5 Å². The molecule has 0 radical (unpaired) electrons. The minimum absolute atomic E-state index is 0.0726. The zero-order valence-electron chi connectivity index (χ0n) is 15.2. The van der Waals surface area contributed by atoms with Crippen LogP contribution in [0.25, 0.3) is 0 Å². The highest BCUT2D eigenvalue weighted by molar-refractivity contribution is 7.89. The Balaban J connectivity index is 1.96. The van der Waals surface area contributed by atoms with Crippen LogP contribution in [0.15, 0.2) is 23.1 Å². The molecule has 7 nitrogen and oxygen atoms in total. The van der Waals surface area contributed by atoms with Crippen LogP contribution in [0.3, 0.4) is 0 Å². The van der Waals surface area contributed by atoms with Crippen molar-refractivity contribution < 1.29 is 22.7 Å². The van der Waals surface area contributed by atoms with E-state index < -0.39 is 22.1 Å². The van der Waals surface area contributed by atoms with E-state index in [0.717, 1.165) is 12.8 Å². The van der Waals surface area contributed by atoms with Crippen LogP contribution in [0.5, 0.6) is 0 Å². The van der Waals surface area contributed by atoms with Crippen molar-refractivity contribution in [2.45, 2.75) is 57.0 Å². The van der Waals surface area contributed by atoms with Crippen molar-refractivity contribution in [1.82, 2.24) is 5.32 Å². The lowest BCUT2D eigenvalue weighted by Crippen LogP contribution is -2.38. The van der Waals surface area contributed by atoms with E-state index in [2.05, 4.69) is 5.32 Å². The molecular weight excluding hydrogens is 356 g/mol. The van der Waals surface area contributed by atoms with E-state index in [4.69, 9.17) is 9.88 Å². The number of nitrogens with one attached hydrogen (secondary N) is 1. The van der Waals surface area contributed by atoms with Crippen molar-refractivity contribution in [2.24, 2.45) is 11.1 Å². The van der Waals surface area contributed by atoms with E-state index in [-0.39, 0.29) is 16.4 Å². The highest BCUT2D eigenvalue weighted by Crippen LogP contribution is 2.22. The van der Waals surface area contributed by atoms with Gasteiger partial charge in [-0.2, -0.15) is 0 Å². The molecule has 0 aliphatic heterocycles. The number of amides is 1. The number of ether oxygens (including phenoxy) is 1. The van der Waals surface area contributed by atoms with Crippen molar-refractivity contribution in [1.29, 1.82) is 0 Å². The van der Waals surface area contributed by atoms with Gasteiger partial charge in [-0.1, -0.05) is 25.3 Å².